The van der Waals surface area contributed by atoms with Gasteiger partial charge in [0, 0.05) is 17.2 Å². The molecule has 0 fully saturated rings. The molecule has 0 aliphatic carbocycles. The summed E-state index contributed by atoms with van der Waals surface area (Å²) >= 11 is 17.4. The molecule has 108 valence electrons. The Morgan fingerprint density at radius 2 is 1.65 bits per heavy atom. The van der Waals surface area contributed by atoms with Crippen LogP contribution in [0.15, 0.2) is 24.3 Å². The molecule has 0 N–H and O–H groups in total. The standard InChI is InChI=1S/C13H11Cl3O4/c1-2-5-19-11(17)3-4-12(18)20-13-9(15)6-8(14)7-10(13)16/h3-4,6-7H,2,5H2,1H3/b4-3+. The number of carbonyl (C=O) groups excluding carboxylic acids is 2. The third-order valence-electron chi connectivity index (χ3n) is 1.97. The van der Waals surface area contributed by atoms with E-state index in [9.17, 15) is 9.59 Å². The Labute approximate surface area is 131 Å². The topological polar surface area (TPSA) is 52.6 Å². The molecule has 0 aromatic heterocycles. The Balaban J connectivity index is 2.68. The van der Waals surface area contributed by atoms with Gasteiger partial charge >= 0.3 is 11.9 Å². The minimum absolute atomic E-state index is 0.0192. The zero-order chi connectivity index (χ0) is 15.1. The number of halogens is 3. The molecule has 0 aliphatic heterocycles. The van der Waals surface area contributed by atoms with Crippen LogP contribution in [0.4, 0.5) is 0 Å². The SMILES string of the molecule is CCCOC(=O)/C=C/C(=O)Oc1c(Cl)cc(Cl)cc1Cl. The van der Waals surface area contributed by atoms with Gasteiger partial charge in [-0.05, 0) is 18.6 Å². The molecule has 0 bridgehead atoms. The average molecular weight is 338 g/mol. The summed E-state index contributed by atoms with van der Waals surface area (Å²) < 4.78 is 9.68. The largest absolute Gasteiger partial charge is 0.463 e. The van der Waals surface area contributed by atoms with E-state index in [0.717, 1.165) is 12.2 Å². The van der Waals surface area contributed by atoms with Crippen LogP contribution in [0.1, 0.15) is 13.3 Å². The third-order valence-corrected chi connectivity index (χ3v) is 2.75. The van der Waals surface area contributed by atoms with Gasteiger partial charge in [0.25, 0.3) is 0 Å². The first kappa shape index (κ1) is 16.8. The van der Waals surface area contributed by atoms with E-state index in [2.05, 4.69) is 0 Å². The molecule has 0 atom stereocenters. The molecule has 4 nitrogen and oxygen atoms in total. The van der Waals surface area contributed by atoms with E-state index in [1.807, 2.05) is 6.92 Å². The van der Waals surface area contributed by atoms with Crippen molar-refractivity contribution in [3.8, 4) is 5.75 Å². The van der Waals surface area contributed by atoms with Crippen molar-refractivity contribution in [3.05, 3.63) is 39.4 Å². The van der Waals surface area contributed by atoms with Gasteiger partial charge in [-0.3, -0.25) is 0 Å². The molecule has 1 rings (SSSR count). The number of rotatable bonds is 5. The van der Waals surface area contributed by atoms with Gasteiger partial charge in [0.2, 0.25) is 0 Å². The second kappa shape index (κ2) is 8.15. The molecule has 0 aliphatic rings. The summed E-state index contributed by atoms with van der Waals surface area (Å²) in [5.74, 6) is -1.45. The maximum Gasteiger partial charge on any atom is 0.336 e. The van der Waals surface area contributed by atoms with Gasteiger partial charge in [-0.15, -0.1) is 0 Å². The van der Waals surface area contributed by atoms with E-state index >= 15 is 0 Å². The highest BCUT2D eigenvalue weighted by molar-refractivity contribution is 6.40. The molecule has 0 radical (unpaired) electrons. The maximum absolute atomic E-state index is 11.5. The van der Waals surface area contributed by atoms with Crippen molar-refractivity contribution in [3.63, 3.8) is 0 Å². The van der Waals surface area contributed by atoms with E-state index in [4.69, 9.17) is 44.3 Å². The Kier molecular flexibility index (Phi) is 6.85. The summed E-state index contributed by atoms with van der Waals surface area (Å²) in [5, 5.41) is 0.508. The molecule has 0 heterocycles. The minimum Gasteiger partial charge on any atom is -0.463 e. The molecule has 0 saturated carbocycles. The zero-order valence-corrected chi connectivity index (χ0v) is 12.8. The molecular weight excluding hydrogens is 326 g/mol. The molecule has 7 heteroatoms. The summed E-state index contributed by atoms with van der Waals surface area (Å²) in [6.45, 7) is 2.14. The zero-order valence-electron chi connectivity index (χ0n) is 10.5. The average Bonchev–Trinajstić information content (AvgIpc) is 2.38. The highest BCUT2D eigenvalue weighted by Gasteiger charge is 2.12. The van der Waals surface area contributed by atoms with E-state index in [-0.39, 0.29) is 22.4 Å². The van der Waals surface area contributed by atoms with Crippen LogP contribution < -0.4 is 4.74 Å². The van der Waals surface area contributed by atoms with Gasteiger partial charge in [0.1, 0.15) is 0 Å². The predicted molar refractivity (Wildman–Crippen MR) is 77.5 cm³/mol. The quantitative estimate of drug-likeness (QED) is 0.462. The minimum atomic E-state index is -0.801. The summed E-state index contributed by atoms with van der Waals surface area (Å²) in [7, 11) is 0. The predicted octanol–water partition coefficient (Wildman–Crippen LogP) is 4.06. The number of benzene rings is 1. The Bertz CT molecular complexity index is 517. The second-order valence-corrected chi connectivity index (χ2v) is 4.87. The number of carbonyl (C=O) groups is 2. The van der Waals surface area contributed by atoms with Crippen molar-refractivity contribution in [2.75, 3.05) is 6.61 Å². The van der Waals surface area contributed by atoms with Gasteiger partial charge in [0.05, 0.1) is 16.7 Å². The molecule has 0 saturated heterocycles. The lowest BCUT2D eigenvalue weighted by molar-refractivity contribution is -0.138. The van der Waals surface area contributed by atoms with E-state index in [0.29, 0.717) is 11.4 Å². The van der Waals surface area contributed by atoms with Crippen LogP contribution in [0.3, 0.4) is 0 Å². The molecule has 20 heavy (non-hydrogen) atoms. The lowest BCUT2D eigenvalue weighted by Crippen LogP contribution is -2.07. The first-order valence-electron chi connectivity index (χ1n) is 5.65. The molecular formula is C13H11Cl3O4. The Morgan fingerprint density at radius 3 is 2.20 bits per heavy atom. The van der Waals surface area contributed by atoms with Gasteiger partial charge in [-0.2, -0.15) is 0 Å². The molecule has 1 aromatic rings. The monoisotopic (exact) mass is 336 g/mol. The molecule has 0 spiro atoms. The van der Waals surface area contributed by atoms with Crippen LogP contribution in [0.5, 0.6) is 5.75 Å². The number of esters is 2. The fourth-order valence-electron chi connectivity index (χ4n) is 1.15. The van der Waals surface area contributed by atoms with Gasteiger partial charge in [-0.1, -0.05) is 41.7 Å². The fraction of sp³-hybridized carbons (Fsp3) is 0.231. The lowest BCUT2D eigenvalue weighted by atomic mass is 10.3. The van der Waals surface area contributed by atoms with Gasteiger partial charge < -0.3 is 9.47 Å². The fourth-order valence-corrected chi connectivity index (χ4v) is 2.04. The van der Waals surface area contributed by atoms with E-state index in [1.165, 1.54) is 12.1 Å². The highest BCUT2D eigenvalue weighted by atomic mass is 35.5. The first-order chi connectivity index (χ1) is 9.43. The summed E-state index contributed by atoms with van der Waals surface area (Å²) in [6.07, 6.45) is 2.59. The van der Waals surface area contributed by atoms with E-state index in [1.54, 1.807) is 0 Å². The Morgan fingerprint density at radius 1 is 1.10 bits per heavy atom. The Hall–Kier alpha value is -1.23. The summed E-state index contributed by atoms with van der Waals surface area (Å²) in [4.78, 5) is 22.7. The van der Waals surface area contributed by atoms with Crippen LogP contribution in [-0.2, 0) is 14.3 Å². The number of ether oxygens (including phenoxy) is 2. The summed E-state index contributed by atoms with van der Waals surface area (Å²) in [5.41, 5.74) is 0. The number of hydrogen-bond acceptors (Lipinski definition) is 4. The molecule has 1 aromatic carbocycles. The van der Waals surface area contributed by atoms with Crippen LogP contribution in [0.2, 0.25) is 15.1 Å². The van der Waals surface area contributed by atoms with Crippen LogP contribution in [-0.4, -0.2) is 18.5 Å². The van der Waals surface area contributed by atoms with Crippen LogP contribution in [0, 0.1) is 0 Å². The molecule has 0 amide bonds. The van der Waals surface area contributed by atoms with Gasteiger partial charge in [0.15, 0.2) is 5.75 Å². The van der Waals surface area contributed by atoms with Crippen LogP contribution >= 0.6 is 34.8 Å². The summed E-state index contributed by atoms with van der Waals surface area (Å²) in [6, 6.07) is 2.77. The van der Waals surface area contributed by atoms with Crippen molar-refractivity contribution in [1.82, 2.24) is 0 Å². The smallest absolute Gasteiger partial charge is 0.336 e. The van der Waals surface area contributed by atoms with Crippen molar-refractivity contribution in [2.24, 2.45) is 0 Å². The second-order valence-electron chi connectivity index (χ2n) is 3.62. The third kappa shape index (κ3) is 5.41. The normalized spacial score (nSPS) is 10.6. The van der Waals surface area contributed by atoms with Gasteiger partial charge in [-0.25, -0.2) is 9.59 Å². The van der Waals surface area contributed by atoms with Crippen molar-refractivity contribution in [1.29, 1.82) is 0 Å². The maximum atomic E-state index is 11.5. The van der Waals surface area contributed by atoms with Crippen molar-refractivity contribution >= 4 is 46.7 Å². The molecule has 0 unspecified atom stereocenters. The van der Waals surface area contributed by atoms with E-state index < -0.39 is 11.9 Å². The van der Waals surface area contributed by atoms with Crippen molar-refractivity contribution in [2.45, 2.75) is 13.3 Å². The highest BCUT2D eigenvalue weighted by Crippen LogP contribution is 2.35. The lowest BCUT2D eigenvalue weighted by Gasteiger charge is -2.06. The van der Waals surface area contributed by atoms with Crippen molar-refractivity contribution < 1.29 is 19.1 Å². The van der Waals surface area contributed by atoms with Crippen LogP contribution in [0.25, 0.3) is 0 Å². The first-order valence-corrected chi connectivity index (χ1v) is 6.78. The number of hydrogen-bond donors (Lipinski definition) is 0.